The molecule has 0 bridgehead atoms. The Morgan fingerprint density at radius 3 is 2.62 bits per heavy atom. The molecule has 0 radical (unpaired) electrons. The lowest BCUT2D eigenvalue weighted by Gasteiger charge is -2.01. The average Bonchev–Trinajstić information content (AvgIpc) is 2.30. The zero-order valence-electron chi connectivity index (χ0n) is 8.25. The van der Waals surface area contributed by atoms with Gasteiger partial charge in [0.15, 0.2) is 5.71 Å². The van der Waals surface area contributed by atoms with E-state index in [0.717, 1.165) is 0 Å². The highest BCUT2D eigenvalue weighted by molar-refractivity contribution is 6.45. The number of rotatable bonds is 3. The predicted octanol–water partition coefficient (Wildman–Crippen LogP) is -0.985. The van der Waals surface area contributed by atoms with Gasteiger partial charge in [0.2, 0.25) is 5.96 Å². The molecule has 7 N–H and O–H groups in total. The van der Waals surface area contributed by atoms with Crippen molar-refractivity contribution in [1.82, 2.24) is 10.5 Å². The number of hydroxylamine groups is 1. The second-order valence-corrected chi connectivity index (χ2v) is 2.67. The Bertz CT molecular complexity index is 425. The molecule has 0 fully saturated rings. The van der Waals surface area contributed by atoms with Gasteiger partial charge in [-0.25, -0.2) is 5.48 Å². The first kappa shape index (κ1) is 11.6. The van der Waals surface area contributed by atoms with Gasteiger partial charge < -0.3 is 11.5 Å². The zero-order chi connectivity index (χ0) is 12.0. The maximum absolute atomic E-state index is 8.38. The summed E-state index contributed by atoms with van der Waals surface area (Å²) in [6.07, 6.45) is 1.53. The molecule has 84 valence electrons. The summed E-state index contributed by atoms with van der Waals surface area (Å²) >= 11 is 0. The molecular weight excluding hydrogens is 210 g/mol. The van der Waals surface area contributed by atoms with Crippen LogP contribution in [0.15, 0.2) is 34.6 Å². The van der Waals surface area contributed by atoms with Crippen LogP contribution in [0.1, 0.15) is 5.69 Å². The summed E-state index contributed by atoms with van der Waals surface area (Å²) in [6, 6.07) is 5.06. The van der Waals surface area contributed by atoms with Crippen LogP contribution in [-0.2, 0) is 0 Å². The summed E-state index contributed by atoms with van der Waals surface area (Å²) < 4.78 is 0. The number of hydrogen-bond donors (Lipinski definition) is 5. The van der Waals surface area contributed by atoms with Crippen LogP contribution in [0.4, 0.5) is 0 Å². The normalized spacial score (nSPS) is 12.3. The quantitative estimate of drug-likeness (QED) is 0.253. The van der Waals surface area contributed by atoms with Gasteiger partial charge >= 0.3 is 0 Å². The third-order valence-electron chi connectivity index (χ3n) is 1.53. The predicted molar refractivity (Wildman–Crippen MR) is 59.2 cm³/mol. The van der Waals surface area contributed by atoms with Gasteiger partial charge in [-0.1, -0.05) is 6.07 Å². The van der Waals surface area contributed by atoms with Crippen LogP contribution in [0.5, 0.6) is 0 Å². The van der Waals surface area contributed by atoms with Crippen molar-refractivity contribution < 1.29 is 5.21 Å². The molecule has 0 amide bonds. The molecule has 1 rings (SSSR count). The molecule has 0 saturated carbocycles. The molecule has 1 heterocycles. The van der Waals surface area contributed by atoms with Crippen LogP contribution in [0.3, 0.4) is 0 Å². The molecule has 0 aliphatic heterocycles. The third kappa shape index (κ3) is 3.03. The molecule has 8 heteroatoms. The maximum atomic E-state index is 8.38. The molecule has 0 aromatic carbocycles. The minimum absolute atomic E-state index is 0.0683. The Morgan fingerprint density at radius 1 is 1.38 bits per heavy atom. The Labute approximate surface area is 91.2 Å². The van der Waals surface area contributed by atoms with E-state index in [1.165, 1.54) is 6.20 Å². The minimum Gasteiger partial charge on any atom is -0.382 e. The average molecular weight is 221 g/mol. The van der Waals surface area contributed by atoms with E-state index in [0.29, 0.717) is 5.69 Å². The van der Waals surface area contributed by atoms with Crippen LogP contribution < -0.4 is 16.9 Å². The minimum atomic E-state index is -0.310. The fourth-order valence-corrected chi connectivity index (χ4v) is 0.872. The summed E-state index contributed by atoms with van der Waals surface area (Å²) in [5.41, 5.74) is 12.5. The summed E-state index contributed by atoms with van der Waals surface area (Å²) in [5, 5.41) is 22.7. The monoisotopic (exact) mass is 221 g/mol. The van der Waals surface area contributed by atoms with Crippen LogP contribution in [0.2, 0.25) is 0 Å². The number of nitrogens with two attached hydrogens (primary N) is 2. The standard InChI is InChI=1S/C8H11N7O/c9-7(10)6(13-14-8(11)15-16)5-3-1-2-4-12-5/h1-4,16H,(H3,9,10)(H3,11,14,15)/b13-6-. The number of aromatic nitrogens is 1. The molecular formula is C8H11N7O. The molecule has 0 aliphatic rings. The first-order chi connectivity index (χ1) is 7.65. The molecule has 0 spiro atoms. The van der Waals surface area contributed by atoms with Crippen LogP contribution in [0, 0.1) is 5.41 Å². The van der Waals surface area contributed by atoms with Crippen LogP contribution in [0.25, 0.3) is 0 Å². The second-order valence-electron chi connectivity index (χ2n) is 2.67. The van der Waals surface area contributed by atoms with Gasteiger partial charge in [0.25, 0.3) is 0 Å². The van der Waals surface area contributed by atoms with Crippen molar-refractivity contribution in [3.63, 3.8) is 0 Å². The fraction of sp³-hybridized carbons (Fsp3) is 0. The molecule has 8 nitrogen and oxygen atoms in total. The van der Waals surface area contributed by atoms with Gasteiger partial charge in [0, 0.05) is 6.20 Å². The highest BCUT2D eigenvalue weighted by Crippen LogP contribution is 1.97. The van der Waals surface area contributed by atoms with E-state index < -0.39 is 0 Å². The van der Waals surface area contributed by atoms with Crippen LogP contribution >= 0.6 is 0 Å². The first-order valence-corrected chi connectivity index (χ1v) is 4.22. The van der Waals surface area contributed by atoms with E-state index in [-0.39, 0.29) is 17.5 Å². The maximum Gasteiger partial charge on any atom is 0.237 e. The molecule has 0 unspecified atom stereocenters. The largest absolute Gasteiger partial charge is 0.382 e. The van der Waals surface area contributed by atoms with E-state index in [2.05, 4.69) is 15.2 Å². The molecule has 0 aliphatic carbocycles. The number of guanidine groups is 1. The van der Waals surface area contributed by atoms with Gasteiger partial charge in [0.1, 0.15) is 5.84 Å². The van der Waals surface area contributed by atoms with Crippen molar-refractivity contribution in [2.24, 2.45) is 21.7 Å². The third-order valence-corrected chi connectivity index (χ3v) is 1.53. The van der Waals surface area contributed by atoms with Crippen molar-refractivity contribution in [3.8, 4) is 0 Å². The van der Waals surface area contributed by atoms with E-state index >= 15 is 0 Å². The van der Waals surface area contributed by atoms with Crippen LogP contribution in [-0.4, -0.2) is 27.7 Å². The first-order valence-electron chi connectivity index (χ1n) is 4.22. The Morgan fingerprint density at radius 2 is 2.12 bits per heavy atom. The topological polar surface area (TPSA) is 146 Å². The van der Waals surface area contributed by atoms with Crippen molar-refractivity contribution in [2.75, 3.05) is 0 Å². The van der Waals surface area contributed by atoms with Crippen molar-refractivity contribution in [2.45, 2.75) is 0 Å². The number of nitrogens with zero attached hydrogens (tertiary/aromatic N) is 3. The van der Waals surface area contributed by atoms with E-state index in [9.17, 15) is 0 Å². The van der Waals surface area contributed by atoms with Gasteiger partial charge in [-0.2, -0.15) is 0 Å². The lowest BCUT2D eigenvalue weighted by atomic mass is 10.2. The summed E-state index contributed by atoms with van der Waals surface area (Å²) in [4.78, 5) is 3.96. The zero-order valence-corrected chi connectivity index (χ0v) is 8.25. The Kier molecular flexibility index (Phi) is 3.92. The van der Waals surface area contributed by atoms with Crippen molar-refractivity contribution in [3.05, 3.63) is 30.1 Å². The van der Waals surface area contributed by atoms with Gasteiger partial charge in [-0.05, 0) is 12.1 Å². The number of amidine groups is 1. The smallest absolute Gasteiger partial charge is 0.237 e. The molecule has 0 saturated heterocycles. The van der Waals surface area contributed by atoms with E-state index in [4.69, 9.17) is 22.1 Å². The fourth-order valence-electron chi connectivity index (χ4n) is 0.872. The molecule has 1 aromatic rings. The van der Waals surface area contributed by atoms with Crippen molar-refractivity contribution >= 4 is 17.5 Å². The SMILES string of the molecule is N=C(N)/C(=N\N=C(/N)NO)c1ccccn1. The lowest BCUT2D eigenvalue weighted by molar-refractivity contribution is 0.232. The summed E-state index contributed by atoms with van der Waals surface area (Å²) in [7, 11) is 0. The summed E-state index contributed by atoms with van der Waals surface area (Å²) in [6.45, 7) is 0. The Balaban J connectivity index is 3.06. The molecule has 16 heavy (non-hydrogen) atoms. The number of hydrogen-bond acceptors (Lipinski definition) is 5. The van der Waals surface area contributed by atoms with Gasteiger partial charge in [-0.15, -0.1) is 10.2 Å². The highest BCUT2D eigenvalue weighted by Gasteiger charge is 2.07. The second kappa shape index (κ2) is 5.41. The number of pyridine rings is 1. The van der Waals surface area contributed by atoms with Gasteiger partial charge in [0.05, 0.1) is 5.69 Å². The van der Waals surface area contributed by atoms with Crippen molar-refractivity contribution in [1.29, 1.82) is 5.41 Å². The Hall–Kier alpha value is -2.48. The van der Waals surface area contributed by atoms with E-state index in [1.54, 1.807) is 23.7 Å². The highest BCUT2D eigenvalue weighted by atomic mass is 16.5. The molecule has 1 aromatic heterocycles. The number of nitrogens with one attached hydrogen (secondary N) is 2. The van der Waals surface area contributed by atoms with Gasteiger partial charge in [-0.3, -0.25) is 15.6 Å². The van der Waals surface area contributed by atoms with E-state index in [1.807, 2.05) is 0 Å². The summed E-state index contributed by atoms with van der Waals surface area (Å²) in [5.74, 6) is -0.608. The lowest BCUT2D eigenvalue weighted by Crippen LogP contribution is -2.29. The molecule has 0 atom stereocenters.